The summed E-state index contributed by atoms with van der Waals surface area (Å²) < 4.78 is 31.6. The maximum absolute atomic E-state index is 9.00. The molecular formula is C2H9N3O6S. The normalized spacial score (nSPS) is 7.83. The van der Waals surface area contributed by atoms with Gasteiger partial charge in [0.15, 0.2) is 0 Å². The zero-order valence-corrected chi connectivity index (χ0v) is 6.56. The Bertz CT molecular complexity index is 197. The van der Waals surface area contributed by atoms with Gasteiger partial charge in [0, 0.05) is 0 Å². The van der Waals surface area contributed by atoms with Crippen molar-refractivity contribution < 1.29 is 27.1 Å². The van der Waals surface area contributed by atoms with E-state index in [2.05, 4.69) is 17.2 Å². The van der Waals surface area contributed by atoms with Crippen molar-refractivity contribution in [2.24, 2.45) is 17.2 Å². The Balaban J connectivity index is -0.000000105. The average Bonchev–Trinajstić information content (AvgIpc) is 1.56. The fourth-order valence-electron chi connectivity index (χ4n) is 0. The van der Waals surface area contributed by atoms with Crippen molar-refractivity contribution in [1.82, 2.24) is 0 Å². The highest BCUT2D eigenvalue weighted by molar-refractivity contribution is 7.79. The first-order chi connectivity index (χ1) is 5.15. The number of nitrogens with two attached hydrogens (primary N) is 3. The van der Waals surface area contributed by atoms with Crippen LogP contribution in [0.1, 0.15) is 0 Å². The molecule has 12 heavy (non-hydrogen) atoms. The highest BCUT2D eigenvalue weighted by Crippen LogP contribution is 1.59. The summed E-state index contributed by atoms with van der Waals surface area (Å²) in [6.45, 7) is 0. The Morgan fingerprint density at radius 2 is 1.25 bits per heavy atom. The molecule has 0 bridgehead atoms. The molecule has 0 aliphatic heterocycles. The van der Waals surface area contributed by atoms with Gasteiger partial charge in [-0.25, -0.2) is 4.79 Å². The SMILES string of the molecule is NC(N)=O.NC=O.O=S(=O)(O)O. The number of hydrogen-bond acceptors (Lipinski definition) is 4. The van der Waals surface area contributed by atoms with Crippen molar-refractivity contribution >= 4 is 22.8 Å². The van der Waals surface area contributed by atoms with Crippen LogP contribution < -0.4 is 17.2 Å². The van der Waals surface area contributed by atoms with Crippen molar-refractivity contribution in [2.75, 3.05) is 0 Å². The lowest BCUT2D eigenvalue weighted by Crippen LogP contribution is -2.18. The summed E-state index contributed by atoms with van der Waals surface area (Å²) in [5.41, 5.74) is 12.7. The molecule has 9 nitrogen and oxygen atoms in total. The number of carbonyl (C=O) groups is 2. The quantitative estimate of drug-likeness (QED) is 0.213. The molecule has 0 atom stereocenters. The van der Waals surface area contributed by atoms with Gasteiger partial charge in [0.05, 0.1) is 0 Å². The van der Waals surface area contributed by atoms with Crippen LogP contribution in [0.3, 0.4) is 0 Å². The fraction of sp³-hybridized carbons (Fsp3) is 0. The zero-order valence-electron chi connectivity index (χ0n) is 5.75. The number of rotatable bonds is 0. The van der Waals surface area contributed by atoms with Gasteiger partial charge < -0.3 is 17.2 Å². The van der Waals surface area contributed by atoms with E-state index in [0.29, 0.717) is 0 Å². The highest BCUT2D eigenvalue weighted by atomic mass is 32.3. The molecule has 0 saturated heterocycles. The van der Waals surface area contributed by atoms with E-state index in [1.807, 2.05) is 0 Å². The molecule has 0 aromatic carbocycles. The van der Waals surface area contributed by atoms with Crippen LogP contribution in [-0.4, -0.2) is 30.0 Å². The summed E-state index contributed by atoms with van der Waals surface area (Å²) in [6, 6.07) is -0.833. The number of amides is 3. The van der Waals surface area contributed by atoms with Crippen molar-refractivity contribution in [1.29, 1.82) is 0 Å². The molecule has 3 amide bonds. The minimum Gasteiger partial charge on any atom is -0.372 e. The van der Waals surface area contributed by atoms with Gasteiger partial charge in [-0.1, -0.05) is 0 Å². The molecule has 0 aromatic rings. The smallest absolute Gasteiger partial charge is 0.372 e. The molecule has 0 aliphatic carbocycles. The van der Waals surface area contributed by atoms with Gasteiger partial charge in [-0.2, -0.15) is 8.42 Å². The molecule has 0 fully saturated rings. The number of carbonyl (C=O) groups excluding carboxylic acids is 2. The maximum atomic E-state index is 9.00. The Morgan fingerprint density at radius 1 is 1.25 bits per heavy atom. The Kier molecular flexibility index (Phi) is 13.5. The van der Waals surface area contributed by atoms with Crippen LogP contribution >= 0.6 is 0 Å². The standard InChI is InChI=1S/CH4N2O.CH3NO.H2O4S/c2-1(3)4;2-1-3;1-5(2,3)4/h(H4,2,3,4);1H,(H2,2,3);(H2,1,2,3,4). The van der Waals surface area contributed by atoms with Gasteiger partial charge in [-0.3, -0.25) is 13.9 Å². The second kappa shape index (κ2) is 9.61. The first-order valence-electron chi connectivity index (χ1n) is 2.05. The van der Waals surface area contributed by atoms with Crippen molar-refractivity contribution in [2.45, 2.75) is 0 Å². The van der Waals surface area contributed by atoms with Gasteiger partial charge in [-0.15, -0.1) is 0 Å². The second-order valence-electron chi connectivity index (χ2n) is 0.986. The van der Waals surface area contributed by atoms with E-state index < -0.39 is 16.4 Å². The molecule has 0 unspecified atom stereocenters. The molecule has 0 rings (SSSR count). The molecule has 0 radical (unpaired) electrons. The monoisotopic (exact) mass is 203 g/mol. The van der Waals surface area contributed by atoms with E-state index >= 15 is 0 Å². The summed E-state index contributed by atoms with van der Waals surface area (Å²) in [4.78, 5) is 17.6. The third kappa shape index (κ3) is 258. The van der Waals surface area contributed by atoms with E-state index in [1.54, 1.807) is 0 Å². The van der Waals surface area contributed by atoms with Gasteiger partial charge in [0.25, 0.3) is 0 Å². The van der Waals surface area contributed by atoms with E-state index in [9.17, 15) is 0 Å². The summed E-state index contributed by atoms with van der Waals surface area (Å²) in [7, 11) is -4.67. The first-order valence-corrected chi connectivity index (χ1v) is 3.45. The molecule has 0 aliphatic rings. The van der Waals surface area contributed by atoms with E-state index in [1.165, 1.54) is 0 Å². The van der Waals surface area contributed by atoms with Crippen molar-refractivity contribution in [3.63, 3.8) is 0 Å². The topological polar surface area (TPSA) is 187 Å². The van der Waals surface area contributed by atoms with Crippen molar-refractivity contribution in [3.8, 4) is 0 Å². The second-order valence-corrected chi connectivity index (χ2v) is 1.88. The van der Waals surface area contributed by atoms with Gasteiger partial charge in [0.1, 0.15) is 0 Å². The Labute approximate surface area is 68.1 Å². The number of urea groups is 1. The largest absolute Gasteiger partial charge is 0.394 e. The maximum Gasteiger partial charge on any atom is 0.394 e. The summed E-state index contributed by atoms with van der Waals surface area (Å²) in [5.74, 6) is 0. The molecule has 0 heterocycles. The number of primary amides is 3. The third-order valence-corrected chi connectivity index (χ3v) is 0. The first kappa shape index (κ1) is 16.9. The van der Waals surface area contributed by atoms with Gasteiger partial charge in [-0.05, 0) is 0 Å². The molecule has 0 saturated carbocycles. The van der Waals surface area contributed by atoms with Crippen LogP contribution in [-0.2, 0) is 15.2 Å². The summed E-state index contributed by atoms with van der Waals surface area (Å²) >= 11 is 0. The van der Waals surface area contributed by atoms with Crippen LogP contribution in [0.2, 0.25) is 0 Å². The molecule has 74 valence electrons. The van der Waals surface area contributed by atoms with E-state index in [0.717, 1.165) is 0 Å². The summed E-state index contributed by atoms with van der Waals surface area (Å²) in [6.07, 6.45) is 0.250. The Hall–Kier alpha value is -1.39. The van der Waals surface area contributed by atoms with E-state index in [4.69, 9.17) is 27.1 Å². The van der Waals surface area contributed by atoms with Crippen LogP contribution in [0, 0.1) is 0 Å². The van der Waals surface area contributed by atoms with Crippen molar-refractivity contribution in [3.05, 3.63) is 0 Å². The lowest BCUT2D eigenvalue weighted by molar-refractivity contribution is -0.106. The predicted molar refractivity (Wildman–Crippen MR) is 38.2 cm³/mol. The van der Waals surface area contributed by atoms with Crippen LogP contribution in [0.5, 0.6) is 0 Å². The minimum atomic E-state index is -4.67. The fourth-order valence-corrected chi connectivity index (χ4v) is 0. The Morgan fingerprint density at radius 3 is 1.25 bits per heavy atom. The highest BCUT2D eigenvalue weighted by Gasteiger charge is 1.84. The molecule has 0 spiro atoms. The molecule has 0 aromatic heterocycles. The minimum absolute atomic E-state index is 0.250. The van der Waals surface area contributed by atoms with E-state index in [-0.39, 0.29) is 6.41 Å². The molecule has 8 N–H and O–H groups in total. The number of hydrogen-bond donors (Lipinski definition) is 5. The molecular weight excluding hydrogens is 194 g/mol. The third-order valence-electron chi connectivity index (χ3n) is 0. The lowest BCUT2D eigenvalue weighted by Gasteiger charge is -1.68. The van der Waals surface area contributed by atoms with Gasteiger partial charge >= 0.3 is 16.4 Å². The lowest BCUT2D eigenvalue weighted by atomic mass is 11.2. The summed E-state index contributed by atoms with van der Waals surface area (Å²) in [5, 5.41) is 0. The average molecular weight is 203 g/mol. The van der Waals surface area contributed by atoms with Crippen LogP contribution in [0.25, 0.3) is 0 Å². The van der Waals surface area contributed by atoms with Gasteiger partial charge in [0.2, 0.25) is 6.41 Å². The predicted octanol–water partition coefficient (Wildman–Crippen LogP) is -2.53. The van der Waals surface area contributed by atoms with Crippen LogP contribution in [0.4, 0.5) is 4.79 Å². The molecule has 10 heteroatoms. The zero-order chi connectivity index (χ0) is 10.8. The van der Waals surface area contributed by atoms with Crippen LogP contribution in [0.15, 0.2) is 0 Å².